The van der Waals surface area contributed by atoms with Gasteiger partial charge in [0, 0.05) is 36.7 Å². The topological polar surface area (TPSA) is 75.7 Å². The molecule has 1 aliphatic rings. The molecule has 2 rings (SSSR count). The molecular weight excluding hydrogens is 316 g/mol. The van der Waals surface area contributed by atoms with E-state index < -0.39 is 9.84 Å². The number of anilines is 1. The first-order valence-corrected chi connectivity index (χ1v) is 9.71. The number of nitrogens with one attached hydrogen (secondary N) is 1. The lowest BCUT2D eigenvalue weighted by molar-refractivity contribution is 0.184. The van der Waals surface area contributed by atoms with Crippen molar-refractivity contribution in [3.8, 4) is 0 Å². The van der Waals surface area contributed by atoms with E-state index in [0.717, 1.165) is 18.4 Å². The minimum Gasteiger partial charge on any atom is -0.380 e. The number of ether oxygens (including phenoxy) is 1. The van der Waals surface area contributed by atoms with Crippen LogP contribution in [0.5, 0.6) is 0 Å². The largest absolute Gasteiger partial charge is 0.380 e. The Kier molecular flexibility index (Phi) is 5.64. The molecule has 1 aliphatic carbocycles. The minimum absolute atomic E-state index is 0.0311. The number of nitrogens with zero attached hydrogens (tertiary/aromatic N) is 1. The number of rotatable bonds is 7. The van der Waals surface area contributed by atoms with E-state index in [-0.39, 0.29) is 23.9 Å². The molecule has 1 atom stereocenters. The van der Waals surface area contributed by atoms with E-state index in [2.05, 4.69) is 5.32 Å². The molecule has 6 nitrogen and oxygen atoms in total. The first-order valence-electron chi connectivity index (χ1n) is 7.65. The number of para-hydroxylation sites is 1. The molecule has 1 fully saturated rings. The summed E-state index contributed by atoms with van der Waals surface area (Å²) in [5, 5.41) is 2.90. The van der Waals surface area contributed by atoms with Crippen LogP contribution < -0.4 is 5.32 Å². The van der Waals surface area contributed by atoms with Gasteiger partial charge in [0.1, 0.15) is 9.84 Å². The first-order chi connectivity index (χ1) is 10.8. The van der Waals surface area contributed by atoms with Gasteiger partial charge in [0.15, 0.2) is 0 Å². The zero-order valence-corrected chi connectivity index (χ0v) is 14.6. The van der Waals surface area contributed by atoms with E-state index >= 15 is 0 Å². The number of methoxy groups -OCH3 is 1. The average molecular weight is 340 g/mol. The summed E-state index contributed by atoms with van der Waals surface area (Å²) in [5.74, 6) is -0.0311. The molecule has 23 heavy (non-hydrogen) atoms. The Morgan fingerprint density at radius 3 is 2.61 bits per heavy atom. The van der Waals surface area contributed by atoms with Gasteiger partial charge in [-0.3, -0.25) is 0 Å². The van der Waals surface area contributed by atoms with Crippen LogP contribution >= 0.6 is 0 Å². The van der Waals surface area contributed by atoms with Gasteiger partial charge in [-0.2, -0.15) is 0 Å². The fourth-order valence-electron chi connectivity index (χ4n) is 2.70. The van der Waals surface area contributed by atoms with Gasteiger partial charge in [0.25, 0.3) is 0 Å². The smallest absolute Gasteiger partial charge is 0.322 e. The lowest BCUT2D eigenvalue weighted by Crippen LogP contribution is -2.46. The van der Waals surface area contributed by atoms with Crippen LogP contribution in [0.4, 0.5) is 10.5 Å². The number of urea groups is 1. The fourth-order valence-corrected chi connectivity index (χ4v) is 3.74. The maximum atomic E-state index is 12.7. The summed E-state index contributed by atoms with van der Waals surface area (Å²) >= 11 is 0. The van der Waals surface area contributed by atoms with Crippen LogP contribution in [-0.4, -0.2) is 50.6 Å². The van der Waals surface area contributed by atoms with Crippen molar-refractivity contribution in [2.45, 2.75) is 38.5 Å². The van der Waals surface area contributed by atoms with Gasteiger partial charge < -0.3 is 15.0 Å². The van der Waals surface area contributed by atoms with Crippen molar-refractivity contribution in [1.82, 2.24) is 4.90 Å². The summed E-state index contributed by atoms with van der Waals surface area (Å²) in [7, 11) is -1.54. The van der Waals surface area contributed by atoms with E-state index in [9.17, 15) is 13.2 Å². The van der Waals surface area contributed by atoms with Crippen molar-refractivity contribution >= 4 is 21.6 Å². The molecule has 0 bridgehead atoms. The summed E-state index contributed by atoms with van der Waals surface area (Å²) in [6, 6.07) is 6.95. The Morgan fingerprint density at radius 1 is 1.39 bits per heavy atom. The monoisotopic (exact) mass is 340 g/mol. The van der Waals surface area contributed by atoms with Crippen LogP contribution in [-0.2, 0) is 21.2 Å². The highest BCUT2D eigenvalue weighted by atomic mass is 32.2. The van der Waals surface area contributed by atoms with Gasteiger partial charge in [-0.15, -0.1) is 0 Å². The Labute approximate surface area is 137 Å². The molecule has 0 saturated heterocycles. The van der Waals surface area contributed by atoms with Crippen molar-refractivity contribution in [3.63, 3.8) is 0 Å². The Balaban J connectivity index is 2.13. The fraction of sp³-hybridized carbons (Fsp3) is 0.562. The van der Waals surface area contributed by atoms with Gasteiger partial charge in [-0.05, 0) is 25.8 Å². The standard InChI is InChI=1S/C16H24N2O4S/c1-12(11-23(3,20)21)18(14-8-9-14)16(19)17-15-7-5-4-6-13(15)10-22-2/h4-7,12,14H,8-11H2,1-3H3,(H,17,19)/t12-/m0/s1. The van der Waals surface area contributed by atoms with Crippen LogP contribution in [0, 0.1) is 0 Å². The molecule has 0 heterocycles. The molecule has 2 amide bonds. The van der Waals surface area contributed by atoms with Crippen LogP contribution in [0.1, 0.15) is 25.3 Å². The van der Waals surface area contributed by atoms with E-state index in [1.165, 1.54) is 6.26 Å². The number of carbonyl (C=O) groups excluding carboxylic acids is 1. The van der Waals surface area contributed by atoms with Gasteiger partial charge >= 0.3 is 6.03 Å². The molecule has 0 spiro atoms. The predicted molar refractivity (Wildman–Crippen MR) is 90.2 cm³/mol. The second-order valence-electron chi connectivity index (χ2n) is 6.10. The number of hydrogen-bond donors (Lipinski definition) is 1. The van der Waals surface area contributed by atoms with Gasteiger partial charge in [0.05, 0.1) is 12.4 Å². The zero-order chi connectivity index (χ0) is 17.0. The number of hydrogen-bond acceptors (Lipinski definition) is 4. The normalized spacial score (nSPS) is 16.0. The van der Waals surface area contributed by atoms with Gasteiger partial charge in [-0.1, -0.05) is 18.2 Å². The van der Waals surface area contributed by atoms with Crippen molar-refractivity contribution in [1.29, 1.82) is 0 Å². The van der Waals surface area contributed by atoms with Crippen molar-refractivity contribution in [2.24, 2.45) is 0 Å². The van der Waals surface area contributed by atoms with Crippen molar-refractivity contribution in [3.05, 3.63) is 29.8 Å². The van der Waals surface area contributed by atoms with E-state index in [0.29, 0.717) is 12.3 Å². The Hall–Kier alpha value is -1.60. The molecule has 1 N–H and O–H groups in total. The highest BCUT2D eigenvalue weighted by molar-refractivity contribution is 7.90. The summed E-state index contributed by atoms with van der Waals surface area (Å²) in [4.78, 5) is 14.3. The Bertz CT molecular complexity index is 656. The summed E-state index contributed by atoms with van der Waals surface area (Å²) in [5.41, 5.74) is 1.58. The number of carbonyl (C=O) groups is 1. The van der Waals surface area contributed by atoms with Crippen LogP contribution in [0.3, 0.4) is 0 Å². The SMILES string of the molecule is COCc1ccccc1NC(=O)N(C1CC1)[C@@H](C)CS(C)(=O)=O. The van der Waals surface area contributed by atoms with Crippen LogP contribution in [0.25, 0.3) is 0 Å². The van der Waals surface area contributed by atoms with Crippen LogP contribution in [0.15, 0.2) is 24.3 Å². The number of amides is 2. The third-order valence-corrected chi connectivity index (χ3v) is 4.84. The van der Waals surface area contributed by atoms with Crippen molar-refractivity contribution < 1.29 is 17.9 Å². The minimum atomic E-state index is -3.14. The van der Waals surface area contributed by atoms with Crippen molar-refractivity contribution in [2.75, 3.05) is 24.4 Å². The second kappa shape index (κ2) is 7.31. The number of sulfone groups is 1. The van der Waals surface area contributed by atoms with Gasteiger partial charge in [0.2, 0.25) is 0 Å². The quantitative estimate of drug-likeness (QED) is 0.826. The van der Waals surface area contributed by atoms with E-state index in [1.54, 1.807) is 18.9 Å². The zero-order valence-electron chi connectivity index (χ0n) is 13.8. The first kappa shape index (κ1) is 17.7. The molecule has 0 aliphatic heterocycles. The molecule has 128 valence electrons. The maximum Gasteiger partial charge on any atom is 0.322 e. The maximum absolute atomic E-state index is 12.7. The van der Waals surface area contributed by atoms with Gasteiger partial charge in [-0.25, -0.2) is 13.2 Å². The lowest BCUT2D eigenvalue weighted by Gasteiger charge is -2.29. The molecule has 0 aromatic heterocycles. The highest BCUT2D eigenvalue weighted by Gasteiger charge is 2.37. The summed E-state index contributed by atoms with van der Waals surface area (Å²) in [6.45, 7) is 2.18. The number of benzene rings is 1. The van der Waals surface area contributed by atoms with E-state index in [4.69, 9.17) is 4.74 Å². The molecule has 0 radical (unpaired) electrons. The molecule has 1 aromatic rings. The Morgan fingerprint density at radius 2 is 2.04 bits per heavy atom. The van der Waals surface area contributed by atoms with E-state index in [1.807, 2.05) is 24.3 Å². The second-order valence-corrected chi connectivity index (χ2v) is 8.29. The summed E-state index contributed by atoms with van der Waals surface area (Å²) < 4.78 is 28.2. The summed E-state index contributed by atoms with van der Waals surface area (Å²) in [6.07, 6.45) is 3.03. The van der Waals surface area contributed by atoms with Crippen LogP contribution in [0.2, 0.25) is 0 Å². The molecule has 7 heteroatoms. The predicted octanol–water partition coefficient (Wildman–Crippen LogP) is 2.26. The lowest BCUT2D eigenvalue weighted by atomic mass is 10.2. The molecule has 0 unspecified atom stereocenters. The average Bonchev–Trinajstić information content (AvgIpc) is 3.24. The third-order valence-electron chi connectivity index (χ3n) is 3.75. The highest BCUT2D eigenvalue weighted by Crippen LogP contribution is 2.30. The third kappa shape index (κ3) is 5.21. The molecule has 1 saturated carbocycles. The molecular formula is C16H24N2O4S. The molecule has 1 aromatic carbocycles.